The summed E-state index contributed by atoms with van der Waals surface area (Å²) in [7, 11) is 0. The molecule has 2 heteroatoms. The minimum atomic E-state index is 0.413. The fourth-order valence-electron chi connectivity index (χ4n) is 2.28. The number of hydrogen-bond donors (Lipinski definition) is 1. The van der Waals surface area contributed by atoms with Gasteiger partial charge in [-0.25, -0.2) is 0 Å². The topological polar surface area (TPSA) is 12.0 Å². The summed E-state index contributed by atoms with van der Waals surface area (Å²) in [5.41, 5.74) is 4.03. The first-order chi connectivity index (χ1) is 10.2. The van der Waals surface area contributed by atoms with E-state index in [0.29, 0.717) is 6.04 Å². The molecule has 0 aliphatic rings. The minimum Gasteiger partial charge on any atom is -0.309 e. The molecule has 0 bridgehead atoms. The van der Waals surface area contributed by atoms with Crippen molar-refractivity contribution in [1.29, 1.82) is 0 Å². The Balaban J connectivity index is 2.04. The molecule has 1 N–H and O–H groups in total. The minimum absolute atomic E-state index is 0.413. The maximum atomic E-state index is 3.67. The average molecular weight is 299 g/mol. The summed E-state index contributed by atoms with van der Waals surface area (Å²) in [6.07, 6.45) is 1.16. The first-order valence-electron chi connectivity index (χ1n) is 7.68. The predicted molar refractivity (Wildman–Crippen MR) is 94.1 cm³/mol. The third-order valence-electron chi connectivity index (χ3n) is 3.53. The summed E-state index contributed by atoms with van der Waals surface area (Å²) < 4.78 is 0. The summed E-state index contributed by atoms with van der Waals surface area (Å²) >= 11 is 1.93. The van der Waals surface area contributed by atoms with Gasteiger partial charge >= 0.3 is 0 Å². The highest BCUT2D eigenvalue weighted by atomic mass is 32.2. The lowest BCUT2D eigenvalue weighted by Gasteiger charge is -2.19. The highest BCUT2D eigenvalue weighted by Gasteiger charge is 2.11. The molecule has 2 aromatic rings. The Hall–Kier alpha value is -1.25. The summed E-state index contributed by atoms with van der Waals surface area (Å²) in [5.74, 6) is 1.06. The molecule has 2 aromatic carbocycles. The van der Waals surface area contributed by atoms with E-state index in [4.69, 9.17) is 0 Å². The maximum Gasteiger partial charge on any atom is 0.0415 e. The Morgan fingerprint density at radius 3 is 2.43 bits per heavy atom. The number of hydrogen-bond acceptors (Lipinski definition) is 2. The van der Waals surface area contributed by atoms with Crippen LogP contribution < -0.4 is 5.32 Å². The van der Waals surface area contributed by atoms with Gasteiger partial charge in [-0.05, 0) is 44.5 Å². The predicted octanol–water partition coefficient (Wildman–Crippen LogP) is 5.14. The third kappa shape index (κ3) is 5.22. The van der Waals surface area contributed by atoms with Gasteiger partial charge in [-0.3, -0.25) is 0 Å². The van der Waals surface area contributed by atoms with Crippen molar-refractivity contribution < 1.29 is 0 Å². The van der Waals surface area contributed by atoms with Gasteiger partial charge in [-0.2, -0.15) is 0 Å². The van der Waals surface area contributed by atoms with Crippen LogP contribution in [-0.2, 0) is 0 Å². The Kier molecular flexibility index (Phi) is 6.34. The molecular weight excluding hydrogens is 274 g/mol. The zero-order valence-electron chi connectivity index (χ0n) is 13.2. The van der Waals surface area contributed by atoms with Crippen LogP contribution in [0.1, 0.15) is 36.1 Å². The molecule has 0 heterocycles. The summed E-state index contributed by atoms with van der Waals surface area (Å²) in [6, 6.07) is 18.1. The Bertz CT molecular complexity index is 548. The van der Waals surface area contributed by atoms with Crippen molar-refractivity contribution in [3.05, 3.63) is 65.2 Å². The van der Waals surface area contributed by atoms with Crippen LogP contribution in [0.2, 0.25) is 0 Å². The molecule has 2 rings (SSSR count). The van der Waals surface area contributed by atoms with Gasteiger partial charge in [0.15, 0.2) is 0 Å². The van der Waals surface area contributed by atoms with E-state index in [9.17, 15) is 0 Å². The molecule has 21 heavy (non-hydrogen) atoms. The monoisotopic (exact) mass is 299 g/mol. The maximum absolute atomic E-state index is 3.67. The standard InChI is InChI=1S/C19H25NS/c1-4-12-20-19(17-10-8-15(2)9-11-17)14-21-18-7-5-6-16(3)13-18/h5-11,13,19-20H,4,12,14H2,1-3H3. The SMILES string of the molecule is CCCNC(CSc1cccc(C)c1)c1ccc(C)cc1. The molecule has 1 nitrogen and oxygen atoms in total. The highest BCUT2D eigenvalue weighted by molar-refractivity contribution is 7.99. The molecule has 0 fully saturated rings. The Morgan fingerprint density at radius 2 is 1.76 bits per heavy atom. The fraction of sp³-hybridized carbons (Fsp3) is 0.368. The van der Waals surface area contributed by atoms with E-state index >= 15 is 0 Å². The summed E-state index contributed by atoms with van der Waals surface area (Å²) in [4.78, 5) is 1.35. The van der Waals surface area contributed by atoms with E-state index in [1.165, 1.54) is 21.6 Å². The van der Waals surface area contributed by atoms with Crippen LogP contribution in [0.3, 0.4) is 0 Å². The van der Waals surface area contributed by atoms with Crippen molar-refractivity contribution in [3.63, 3.8) is 0 Å². The molecule has 1 atom stereocenters. The van der Waals surface area contributed by atoms with Gasteiger partial charge in [-0.1, -0.05) is 54.4 Å². The van der Waals surface area contributed by atoms with Crippen LogP contribution in [0.25, 0.3) is 0 Å². The Labute approximate surface area is 133 Å². The zero-order chi connectivity index (χ0) is 15.1. The van der Waals surface area contributed by atoms with Gasteiger partial charge in [0.05, 0.1) is 0 Å². The molecule has 0 saturated carbocycles. The number of aryl methyl sites for hydroxylation is 2. The van der Waals surface area contributed by atoms with E-state index < -0.39 is 0 Å². The number of rotatable bonds is 7. The van der Waals surface area contributed by atoms with Crippen molar-refractivity contribution in [1.82, 2.24) is 5.32 Å². The van der Waals surface area contributed by atoms with E-state index in [1.54, 1.807) is 0 Å². The van der Waals surface area contributed by atoms with Crippen LogP contribution in [0, 0.1) is 13.8 Å². The van der Waals surface area contributed by atoms with Crippen LogP contribution in [0.4, 0.5) is 0 Å². The van der Waals surface area contributed by atoms with Gasteiger partial charge in [0.25, 0.3) is 0 Å². The van der Waals surface area contributed by atoms with E-state index in [2.05, 4.69) is 74.6 Å². The molecule has 0 radical (unpaired) electrons. The van der Waals surface area contributed by atoms with Crippen molar-refractivity contribution in [2.45, 2.75) is 38.1 Å². The molecule has 0 aliphatic carbocycles. The second-order valence-electron chi connectivity index (χ2n) is 5.54. The zero-order valence-corrected chi connectivity index (χ0v) is 14.0. The van der Waals surface area contributed by atoms with Gasteiger partial charge in [-0.15, -0.1) is 11.8 Å². The van der Waals surface area contributed by atoms with Crippen molar-refractivity contribution in [2.75, 3.05) is 12.3 Å². The fourth-order valence-corrected chi connectivity index (χ4v) is 3.39. The average Bonchev–Trinajstić information content (AvgIpc) is 2.49. The van der Waals surface area contributed by atoms with Crippen molar-refractivity contribution >= 4 is 11.8 Å². The van der Waals surface area contributed by atoms with Crippen LogP contribution in [0.15, 0.2) is 53.4 Å². The van der Waals surface area contributed by atoms with Crippen LogP contribution >= 0.6 is 11.8 Å². The quantitative estimate of drug-likeness (QED) is 0.711. The lowest BCUT2D eigenvalue weighted by molar-refractivity contribution is 0.577. The Morgan fingerprint density at radius 1 is 1.00 bits per heavy atom. The number of benzene rings is 2. The second kappa shape index (κ2) is 8.26. The molecule has 1 unspecified atom stereocenters. The molecule has 0 spiro atoms. The smallest absolute Gasteiger partial charge is 0.0415 e. The normalized spacial score (nSPS) is 12.3. The summed E-state index contributed by atoms with van der Waals surface area (Å²) in [6.45, 7) is 7.57. The molecular formula is C19H25NS. The highest BCUT2D eigenvalue weighted by Crippen LogP contribution is 2.25. The van der Waals surface area contributed by atoms with Gasteiger partial charge < -0.3 is 5.32 Å². The van der Waals surface area contributed by atoms with Gasteiger partial charge in [0, 0.05) is 16.7 Å². The van der Waals surface area contributed by atoms with E-state index in [1.807, 2.05) is 11.8 Å². The van der Waals surface area contributed by atoms with E-state index in [0.717, 1.165) is 18.7 Å². The third-order valence-corrected chi connectivity index (χ3v) is 4.61. The lowest BCUT2D eigenvalue weighted by atomic mass is 10.1. The summed E-state index contributed by atoms with van der Waals surface area (Å²) in [5, 5.41) is 3.67. The molecule has 0 saturated heterocycles. The molecule has 0 aromatic heterocycles. The van der Waals surface area contributed by atoms with Crippen molar-refractivity contribution in [2.24, 2.45) is 0 Å². The van der Waals surface area contributed by atoms with Crippen LogP contribution in [-0.4, -0.2) is 12.3 Å². The molecule has 0 aliphatic heterocycles. The first kappa shape index (κ1) is 16.1. The van der Waals surface area contributed by atoms with Gasteiger partial charge in [0.1, 0.15) is 0 Å². The van der Waals surface area contributed by atoms with Gasteiger partial charge in [0.2, 0.25) is 0 Å². The van der Waals surface area contributed by atoms with Crippen molar-refractivity contribution in [3.8, 4) is 0 Å². The second-order valence-corrected chi connectivity index (χ2v) is 6.64. The molecule has 0 amide bonds. The number of nitrogens with one attached hydrogen (secondary N) is 1. The lowest BCUT2D eigenvalue weighted by Crippen LogP contribution is -2.24. The van der Waals surface area contributed by atoms with E-state index in [-0.39, 0.29) is 0 Å². The largest absolute Gasteiger partial charge is 0.309 e. The number of thioether (sulfide) groups is 1. The molecule has 112 valence electrons. The first-order valence-corrected chi connectivity index (χ1v) is 8.67. The van der Waals surface area contributed by atoms with Crippen LogP contribution in [0.5, 0.6) is 0 Å².